The lowest BCUT2D eigenvalue weighted by atomic mass is 10.2. The van der Waals surface area contributed by atoms with Gasteiger partial charge in [0.15, 0.2) is 0 Å². The number of aromatic carboxylic acids is 1. The molecule has 1 N–H and O–H groups in total. The number of benzene rings is 1. The maximum absolute atomic E-state index is 12.8. The van der Waals surface area contributed by atoms with E-state index in [-0.39, 0.29) is 17.9 Å². The van der Waals surface area contributed by atoms with Crippen molar-refractivity contribution in [2.75, 3.05) is 6.61 Å². The van der Waals surface area contributed by atoms with E-state index in [1.54, 1.807) is 6.92 Å². The van der Waals surface area contributed by atoms with Gasteiger partial charge in [-0.2, -0.15) is 0 Å². The molecule has 0 aliphatic heterocycles. The lowest BCUT2D eigenvalue weighted by Crippen LogP contribution is -2.05. The highest BCUT2D eigenvalue weighted by atomic mass is 35.5. The number of rotatable bonds is 4. The Kier molecular flexibility index (Phi) is 4.31. The molecule has 0 spiro atoms. The second kappa shape index (κ2) is 5.51. The number of ether oxygens (including phenoxy) is 1. The van der Waals surface area contributed by atoms with Gasteiger partial charge in [-0.25, -0.2) is 9.18 Å². The van der Waals surface area contributed by atoms with E-state index in [2.05, 4.69) is 0 Å². The number of carboxylic acid groups (broad SMARTS) is 1. The van der Waals surface area contributed by atoms with E-state index in [1.165, 1.54) is 11.6 Å². The Morgan fingerprint density at radius 3 is 2.88 bits per heavy atom. The molecule has 1 aromatic rings. The summed E-state index contributed by atoms with van der Waals surface area (Å²) in [6.45, 7) is 1.90. The topological polar surface area (TPSA) is 46.5 Å². The van der Waals surface area contributed by atoms with E-state index in [0.29, 0.717) is 0 Å². The van der Waals surface area contributed by atoms with Crippen LogP contribution in [0.3, 0.4) is 0 Å². The molecule has 0 atom stereocenters. The third kappa shape index (κ3) is 3.24. The molecule has 3 nitrogen and oxygen atoms in total. The van der Waals surface area contributed by atoms with Crippen molar-refractivity contribution in [2.45, 2.75) is 6.92 Å². The first kappa shape index (κ1) is 12.5. The summed E-state index contributed by atoms with van der Waals surface area (Å²) in [7, 11) is 0. The number of hydrogen-bond acceptors (Lipinski definition) is 2. The first-order chi connectivity index (χ1) is 7.54. The van der Waals surface area contributed by atoms with Crippen molar-refractivity contribution in [2.24, 2.45) is 0 Å². The summed E-state index contributed by atoms with van der Waals surface area (Å²) in [4.78, 5) is 10.8. The first-order valence-electron chi connectivity index (χ1n) is 4.46. The van der Waals surface area contributed by atoms with Crippen LogP contribution in [0.4, 0.5) is 4.39 Å². The lowest BCUT2D eigenvalue weighted by Gasteiger charge is -2.08. The molecule has 0 saturated heterocycles. The van der Waals surface area contributed by atoms with Gasteiger partial charge in [-0.1, -0.05) is 11.6 Å². The molecule has 0 amide bonds. The molecule has 0 bridgehead atoms. The Labute approximate surface area is 97.1 Å². The van der Waals surface area contributed by atoms with Gasteiger partial charge in [0, 0.05) is 5.54 Å². The Bertz CT molecular complexity index is 429. The molecule has 16 heavy (non-hydrogen) atoms. The molecule has 0 unspecified atom stereocenters. The number of carboxylic acids is 1. The minimum absolute atomic E-state index is 0.117. The Balaban J connectivity index is 2.91. The highest BCUT2D eigenvalue weighted by molar-refractivity contribution is 6.25. The van der Waals surface area contributed by atoms with Gasteiger partial charge in [0.2, 0.25) is 0 Å². The number of hydrogen-bond donors (Lipinski definition) is 1. The average molecular weight is 245 g/mol. The number of carbonyl (C=O) groups is 1. The minimum atomic E-state index is -1.23. The maximum Gasteiger partial charge on any atom is 0.339 e. The van der Waals surface area contributed by atoms with Crippen LogP contribution in [0.25, 0.3) is 0 Å². The van der Waals surface area contributed by atoms with Gasteiger partial charge in [-0.15, -0.1) is 0 Å². The van der Waals surface area contributed by atoms with Crippen LogP contribution in [0, 0.1) is 5.82 Å². The SMILES string of the molecule is C/C(=C/Cl)COc1ccc(F)cc1C(=O)O. The minimum Gasteiger partial charge on any atom is -0.488 e. The summed E-state index contributed by atoms with van der Waals surface area (Å²) >= 11 is 5.43. The van der Waals surface area contributed by atoms with Crippen LogP contribution in [0.5, 0.6) is 5.75 Å². The Morgan fingerprint density at radius 1 is 1.62 bits per heavy atom. The third-order valence-corrected chi connectivity index (χ3v) is 2.19. The largest absolute Gasteiger partial charge is 0.488 e. The second-order valence-corrected chi connectivity index (χ2v) is 3.41. The van der Waals surface area contributed by atoms with Crippen molar-refractivity contribution >= 4 is 17.6 Å². The molecule has 1 rings (SSSR count). The number of halogens is 2. The van der Waals surface area contributed by atoms with Crippen LogP contribution < -0.4 is 4.74 Å². The predicted octanol–water partition coefficient (Wildman–Crippen LogP) is 3.05. The maximum atomic E-state index is 12.8. The summed E-state index contributed by atoms with van der Waals surface area (Å²) < 4.78 is 18.0. The van der Waals surface area contributed by atoms with Gasteiger partial charge < -0.3 is 9.84 Å². The summed E-state index contributed by atoms with van der Waals surface area (Å²) in [6.07, 6.45) is 0. The van der Waals surface area contributed by atoms with E-state index >= 15 is 0 Å². The van der Waals surface area contributed by atoms with Crippen LogP contribution >= 0.6 is 11.6 Å². The summed E-state index contributed by atoms with van der Waals surface area (Å²) in [5.41, 5.74) is 1.87. The highest BCUT2D eigenvalue weighted by Gasteiger charge is 2.12. The van der Waals surface area contributed by atoms with Crippen molar-refractivity contribution in [3.8, 4) is 5.75 Å². The molecule has 0 fully saturated rings. The van der Waals surface area contributed by atoms with Crippen molar-refractivity contribution in [3.05, 3.63) is 40.7 Å². The first-order valence-corrected chi connectivity index (χ1v) is 4.89. The lowest BCUT2D eigenvalue weighted by molar-refractivity contribution is 0.0692. The van der Waals surface area contributed by atoms with Gasteiger partial charge >= 0.3 is 5.97 Å². The van der Waals surface area contributed by atoms with Crippen molar-refractivity contribution < 1.29 is 19.0 Å². The Hall–Kier alpha value is -1.55. The van der Waals surface area contributed by atoms with E-state index in [1.807, 2.05) is 0 Å². The van der Waals surface area contributed by atoms with Crippen molar-refractivity contribution in [3.63, 3.8) is 0 Å². The van der Waals surface area contributed by atoms with Gasteiger partial charge in [-0.05, 0) is 30.7 Å². The molecule has 0 heterocycles. The van der Waals surface area contributed by atoms with Crippen LogP contribution in [0.2, 0.25) is 0 Å². The fourth-order valence-corrected chi connectivity index (χ4v) is 1.08. The average Bonchev–Trinajstić information content (AvgIpc) is 2.26. The van der Waals surface area contributed by atoms with Crippen LogP contribution in [0.1, 0.15) is 17.3 Å². The third-order valence-electron chi connectivity index (χ3n) is 1.81. The molecular formula is C11H10ClFO3. The zero-order valence-corrected chi connectivity index (χ0v) is 9.29. The van der Waals surface area contributed by atoms with Crippen LogP contribution in [-0.4, -0.2) is 17.7 Å². The zero-order chi connectivity index (χ0) is 12.1. The van der Waals surface area contributed by atoms with Crippen LogP contribution in [-0.2, 0) is 0 Å². The van der Waals surface area contributed by atoms with Gasteiger partial charge in [0.1, 0.15) is 23.7 Å². The molecule has 0 aromatic heterocycles. The van der Waals surface area contributed by atoms with E-state index < -0.39 is 11.8 Å². The summed E-state index contributed by atoms with van der Waals surface area (Å²) in [5.74, 6) is -1.73. The van der Waals surface area contributed by atoms with Crippen molar-refractivity contribution in [1.29, 1.82) is 0 Å². The summed E-state index contributed by atoms with van der Waals surface area (Å²) in [5, 5.41) is 8.83. The molecule has 0 saturated carbocycles. The van der Waals surface area contributed by atoms with E-state index in [4.69, 9.17) is 21.4 Å². The quantitative estimate of drug-likeness (QED) is 0.886. The van der Waals surface area contributed by atoms with Crippen LogP contribution in [0.15, 0.2) is 29.3 Å². The Morgan fingerprint density at radius 2 is 2.31 bits per heavy atom. The smallest absolute Gasteiger partial charge is 0.339 e. The zero-order valence-electron chi connectivity index (χ0n) is 8.54. The molecule has 0 aliphatic rings. The summed E-state index contributed by atoms with van der Waals surface area (Å²) in [6, 6.07) is 3.33. The molecular weight excluding hydrogens is 235 g/mol. The normalized spacial score (nSPS) is 11.3. The van der Waals surface area contributed by atoms with Gasteiger partial charge in [0.05, 0.1) is 0 Å². The van der Waals surface area contributed by atoms with Gasteiger partial charge in [-0.3, -0.25) is 0 Å². The fourth-order valence-electron chi connectivity index (χ4n) is 1.02. The monoisotopic (exact) mass is 244 g/mol. The molecule has 5 heteroatoms. The predicted molar refractivity (Wildman–Crippen MR) is 58.5 cm³/mol. The fraction of sp³-hybridized carbons (Fsp3) is 0.182. The molecule has 1 aromatic carbocycles. The standard InChI is InChI=1S/C11H10ClFO3/c1-7(5-12)6-16-10-3-2-8(13)4-9(10)11(14)15/h2-5H,6H2,1H3,(H,14,15)/b7-5-. The molecule has 0 radical (unpaired) electrons. The van der Waals surface area contributed by atoms with E-state index in [9.17, 15) is 9.18 Å². The highest BCUT2D eigenvalue weighted by Crippen LogP contribution is 2.20. The molecule has 86 valence electrons. The van der Waals surface area contributed by atoms with E-state index in [0.717, 1.165) is 17.7 Å². The molecule has 0 aliphatic carbocycles. The second-order valence-electron chi connectivity index (χ2n) is 3.19. The van der Waals surface area contributed by atoms with Crippen molar-refractivity contribution in [1.82, 2.24) is 0 Å². The van der Waals surface area contributed by atoms with Gasteiger partial charge in [0.25, 0.3) is 0 Å².